The van der Waals surface area contributed by atoms with Gasteiger partial charge < -0.3 is 9.64 Å². The highest BCUT2D eigenvalue weighted by molar-refractivity contribution is 8.00. The van der Waals surface area contributed by atoms with E-state index in [-0.39, 0.29) is 17.7 Å². The van der Waals surface area contributed by atoms with Gasteiger partial charge in [-0.15, -0.1) is 11.8 Å². The number of hydrogen-bond donors (Lipinski definition) is 0. The first kappa shape index (κ1) is 17.1. The van der Waals surface area contributed by atoms with E-state index in [1.165, 1.54) is 18.7 Å². The smallest absolute Gasteiger partial charge is 0.308 e. The van der Waals surface area contributed by atoms with Gasteiger partial charge in [-0.2, -0.15) is 5.26 Å². The van der Waals surface area contributed by atoms with Crippen LogP contribution in [0.2, 0.25) is 0 Å². The zero-order valence-corrected chi connectivity index (χ0v) is 14.7. The third-order valence-corrected chi connectivity index (χ3v) is 5.01. The Balaban J connectivity index is 2.02. The van der Waals surface area contributed by atoms with Crippen LogP contribution < -0.4 is 9.64 Å². The summed E-state index contributed by atoms with van der Waals surface area (Å²) in [5.41, 5.74) is 1.95. The highest BCUT2D eigenvalue weighted by Gasteiger charge is 2.31. The summed E-state index contributed by atoms with van der Waals surface area (Å²) in [5, 5.41) is 8.94. The van der Waals surface area contributed by atoms with Gasteiger partial charge in [0.1, 0.15) is 5.75 Å². The minimum atomic E-state index is -0.409. The number of hydrogen-bond acceptors (Lipinski definition) is 5. The van der Waals surface area contributed by atoms with Gasteiger partial charge in [-0.05, 0) is 31.2 Å². The Morgan fingerprint density at radius 2 is 2.08 bits per heavy atom. The van der Waals surface area contributed by atoms with Crippen molar-refractivity contribution in [1.82, 2.24) is 0 Å². The third-order valence-electron chi connectivity index (χ3n) is 3.85. The number of para-hydroxylation sites is 1. The van der Waals surface area contributed by atoms with Gasteiger partial charge in [0.05, 0.1) is 29.1 Å². The summed E-state index contributed by atoms with van der Waals surface area (Å²) in [6.45, 7) is 3.48. The average Bonchev–Trinajstić information content (AvgIpc) is 2.59. The fourth-order valence-electron chi connectivity index (χ4n) is 2.70. The number of esters is 1. The van der Waals surface area contributed by atoms with Crippen LogP contribution in [0.1, 0.15) is 25.0 Å². The van der Waals surface area contributed by atoms with Crippen molar-refractivity contribution in [3.63, 3.8) is 0 Å². The molecule has 0 radical (unpaired) electrons. The van der Waals surface area contributed by atoms with Crippen LogP contribution >= 0.6 is 11.8 Å². The number of thioether (sulfide) groups is 1. The zero-order valence-electron chi connectivity index (χ0n) is 13.9. The molecule has 6 heteroatoms. The summed E-state index contributed by atoms with van der Waals surface area (Å²) >= 11 is 1.48. The van der Waals surface area contributed by atoms with Crippen LogP contribution in [-0.4, -0.2) is 17.1 Å². The Kier molecular flexibility index (Phi) is 4.77. The van der Waals surface area contributed by atoms with E-state index >= 15 is 0 Å². The molecule has 1 heterocycles. The lowest BCUT2D eigenvalue weighted by molar-refractivity contribution is -0.131. The quantitative estimate of drug-likeness (QED) is 0.624. The van der Waals surface area contributed by atoms with Crippen molar-refractivity contribution >= 4 is 29.3 Å². The van der Waals surface area contributed by atoms with Crippen LogP contribution in [0.5, 0.6) is 5.75 Å². The van der Waals surface area contributed by atoms with Crippen LogP contribution in [0.15, 0.2) is 47.4 Å². The summed E-state index contributed by atoms with van der Waals surface area (Å²) in [7, 11) is 0. The predicted molar refractivity (Wildman–Crippen MR) is 95.4 cm³/mol. The van der Waals surface area contributed by atoms with Gasteiger partial charge in [-0.1, -0.05) is 18.2 Å². The Morgan fingerprint density at radius 3 is 2.80 bits per heavy atom. The van der Waals surface area contributed by atoms with E-state index in [0.29, 0.717) is 17.0 Å². The van der Waals surface area contributed by atoms with Crippen molar-refractivity contribution in [2.75, 3.05) is 4.90 Å². The van der Waals surface area contributed by atoms with Gasteiger partial charge in [0.2, 0.25) is 5.91 Å². The minimum Gasteiger partial charge on any atom is -0.426 e. The van der Waals surface area contributed by atoms with Crippen LogP contribution in [0.25, 0.3) is 0 Å². The predicted octanol–water partition coefficient (Wildman–Crippen LogP) is 3.51. The zero-order chi connectivity index (χ0) is 18.0. The van der Waals surface area contributed by atoms with E-state index in [4.69, 9.17) is 10.00 Å². The largest absolute Gasteiger partial charge is 0.426 e. The number of amides is 1. The monoisotopic (exact) mass is 352 g/mol. The minimum absolute atomic E-state index is 0.0368. The van der Waals surface area contributed by atoms with Crippen LogP contribution in [0.4, 0.5) is 5.69 Å². The first-order chi connectivity index (χ1) is 12.0. The Labute approximate surface area is 150 Å². The molecule has 0 bridgehead atoms. The molecule has 0 fully saturated rings. The molecule has 3 rings (SSSR count). The summed E-state index contributed by atoms with van der Waals surface area (Å²) < 4.78 is 5.25. The fourth-order valence-corrected chi connectivity index (χ4v) is 3.74. The molecule has 2 aromatic carbocycles. The van der Waals surface area contributed by atoms with Crippen molar-refractivity contribution in [1.29, 1.82) is 5.26 Å². The lowest BCUT2D eigenvalue weighted by atomic mass is 10.1. The molecule has 0 aromatic heterocycles. The Hall–Kier alpha value is -2.78. The third kappa shape index (κ3) is 3.52. The molecule has 1 amide bonds. The Bertz CT molecular complexity index is 888. The molecule has 2 aromatic rings. The molecule has 5 nitrogen and oxygen atoms in total. The number of carbonyl (C=O) groups excluding carboxylic acids is 2. The highest BCUT2D eigenvalue weighted by atomic mass is 32.2. The average molecular weight is 352 g/mol. The standard InChI is InChI=1S/C19H16N2O3S/c1-12-19(23)21(16-9-14(10-20)7-8-18(16)25-12)11-15-5-3-4-6-17(15)24-13(2)22/h3-9,12H,11H2,1-2H3. The molecule has 0 saturated heterocycles. The van der Waals surface area contributed by atoms with E-state index < -0.39 is 5.97 Å². The van der Waals surface area contributed by atoms with Crippen molar-refractivity contribution in [3.05, 3.63) is 53.6 Å². The van der Waals surface area contributed by atoms with Crippen LogP contribution in [0.3, 0.4) is 0 Å². The van der Waals surface area contributed by atoms with Gasteiger partial charge in [0.15, 0.2) is 0 Å². The summed E-state index contributed by atoms with van der Waals surface area (Å²) in [6, 6.07) is 14.6. The molecular formula is C19H16N2O3S. The fraction of sp³-hybridized carbons (Fsp3) is 0.211. The van der Waals surface area contributed by atoms with Gasteiger partial charge in [-0.25, -0.2) is 0 Å². The van der Waals surface area contributed by atoms with E-state index in [0.717, 1.165) is 10.5 Å². The maximum atomic E-state index is 12.7. The number of carbonyl (C=O) groups is 2. The van der Waals surface area contributed by atoms with Crippen molar-refractivity contribution in [2.45, 2.75) is 30.5 Å². The molecular weight excluding hydrogens is 336 g/mol. The normalized spacial score (nSPS) is 16.1. The highest BCUT2D eigenvalue weighted by Crippen LogP contribution is 2.40. The first-order valence-electron chi connectivity index (χ1n) is 7.78. The van der Waals surface area contributed by atoms with E-state index in [1.807, 2.05) is 25.1 Å². The summed E-state index contributed by atoms with van der Waals surface area (Å²) in [6.07, 6.45) is 0. The van der Waals surface area contributed by atoms with E-state index in [9.17, 15) is 9.59 Å². The molecule has 0 N–H and O–H groups in total. The van der Waals surface area contributed by atoms with E-state index in [2.05, 4.69) is 6.07 Å². The number of nitriles is 1. The number of nitrogens with zero attached hydrogens (tertiary/aromatic N) is 2. The summed E-state index contributed by atoms with van der Waals surface area (Å²) in [5.74, 6) is -0.00889. The summed E-state index contributed by atoms with van der Waals surface area (Å²) in [4.78, 5) is 26.7. The molecule has 0 saturated carbocycles. The van der Waals surface area contributed by atoms with Crippen molar-refractivity contribution in [2.24, 2.45) is 0 Å². The molecule has 1 atom stereocenters. The van der Waals surface area contributed by atoms with E-state index in [1.54, 1.807) is 29.2 Å². The Morgan fingerprint density at radius 1 is 1.32 bits per heavy atom. The lowest BCUT2D eigenvalue weighted by Crippen LogP contribution is -2.39. The lowest BCUT2D eigenvalue weighted by Gasteiger charge is -2.32. The van der Waals surface area contributed by atoms with Crippen molar-refractivity contribution < 1.29 is 14.3 Å². The number of rotatable bonds is 3. The van der Waals surface area contributed by atoms with Crippen molar-refractivity contribution in [3.8, 4) is 11.8 Å². The SMILES string of the molecule is CC(=O)Oc1ccccc1CN1C(=O)C(C)Sc2ccc(C#N)cc21. The van der Waals surface area contributed by atoms with Gasteiger partial charge >= 0.3 is 5.97 Å². The molecule has 1 aliphatic heterocycles. The second kappa shape index (κ2) is 6.99. The van der Waals surface area contributed by atoms with Crippen LogP contribution in [-0.2, 0) is 16.1 Å². The molecule has 1 unspecified atom stereocenters. The maximum absolute atomic E-state index is 12.7. The molecule has 0 spiro atoms. The van der Waals surface area contributed by atoms with Gasteiger partial charge in [0.25, 0.3) is 0 Å². The number of fused-ring (bicyclic) bond motifs is 1. The topological polar surface area (TPSA) is 70.4 Å². The van der Waals surface area contributed by atoms with Crippen LogP contribution in [0, 0.1) is 11.3 Å². The van der Waals surface area contributed by atoms with Gasteiger partial charge in [-0.3, -0.25) is 9.59 Å². The molecule has 0 aliphatic carbocycles. The second-order valence-electron chi connectivity index (χ2n) is 5.68. The number of benzene rings is 2. The van der Waals surface area contributed by atoms with Gasteiger partial charge in [0, 0.05) is 17.4 Å². The molecule has 1 aliphatic rings. The number of ether oxygens (including phenoxy) is 1. The second-order valence-corrected chi connectivity index (χ2v) is 7.06. The molecule has 126 valence electrons. The number of anilines is 1. The molecule has 25 heavy (non-hydrogen) atoms. The first-order valence-corrected chi connectivity index (χ1v) is 8.66. The maximum Gasteiger partial charge on any atom is 0.308 e.